The van der Waals surface area contributed by atoms with Crippen LogP contribution in [0.25, 0.3) is 10.9 Å². The zero-order valence-corrected chi connectivity index (χ0v) is 18.3. The Morgan fingerprint density at radius 1 is 1.00 bits per heavy atom. The number of fused-ring (bicyclic) bond motifs is 1. The van der Waals surface area contributed by atoms with Gasteiger partial charge in [0.1, 0.15) is 5.82 Å². The predicted molar refractivity (Wildman–Crippen MR) is 128 cm³/mol. The number of nitrogens with one attached hydrogen (secondary N) is 2. The molecule has 0 aliphatic rings. The molecule has 33 heavy (non-hydrogen) atoms. The third kappa shape index (κ3) is 4.98. The summed E-state index contributed by atoms with van der Waals surface area (Å²) in [6, 6.07) is 21.0. The monoisotopic (exact) mass is 442 g/mol. The van der Waals surface area contributed by atoms with Gasteiger partial charge >= 0.3 is 0 Å². The van der Waals surface area contributed by atoms with Gasteiger partial charge in [-0.25, -0.2) is 9.82 Å². The quantitative estimate of drug-likeness (QED) is 0.331. The third-order valence-electron chi connectivity index (χ3n) is 5.36. The fourth-order valence-corrected chi connectivity index (χ4v) is 3.73. The number of hydrogen-bond donors (Lipinski definition) is 2. The fourth-order valence-electron chi connectivity index (χ4n) is 3.73. The maximum absolute atomic E-state index is 13.3. The van der Waals surface area contributed by atoms with E-state index in [-0.39, 0.29) is 17.6 Å². The summed E-state index contributed by atoms with van der Waals surface area (Å²) < 4.78 is 15.4. The van der Waals surface area contributed by atoms with Crippen LogP contribution in [0, 0.1) is 12.7 Å². The second-order valence-electron chi connectivity index (χ2n) is 7.69. The molecule has 0 spiro atoms. The molecule has 0 aliphatic heterocycles. The zero-order valence-electron chi connectivity index (χ0n) is 18.3. The Balaban J connectivity index is 1.54. The number of amides is 2. The van der Waals surface area contributed by atoms with Gasteiger partial charge in [-0.05, 0) is 55.0 Å². The van der Waals surface area contributed by atoms with Gasteiger partial charge in [-0.15, -0.1) is 0 Å². The summed E-state index contributed by atoms with van der Waals surface area (Å²) in [5.41, 5.74) is 7.50. The Morgan fingerprint density at radius 2 is 1.70 bits per heavy atom. The number of rotatable bonds is 6. The minimum Gasteiger partial charge on any atom is -0.340 e. The highest BCUT2D eigenvalue weighted by Crippen LogP contribution is 2.25. The Morgan fingerprint density at radius 3 is 2.39 bits per heavy atom. The van der Waals surface area contributed by atoms with Crippen molar-refractivity contribution >= 4 is 34.6 Å². The van der Waals surface area contributed by atoms with Crippen LogP contribution in [-0.2, 0) is 11.3 Å². The highest BCUT2D eigenvalue weighted by molar-refractivity contribution is 6.02. The number of aromatic nitrogens is 1. The standard InChI is InChI=1S/C26H23FN4O2/c1-17-24(15-28-30-26(33)20-9-13-22(14-10-20)29-18(2)32)23-5-3-4-6-25(23)31(17)16-19-7-11-21(27)12-8-19/h3-15H,16H2,1-2H3,(H,29,32)(H,30,33). The first kappa shape index (κ1) is 22.0. The Bertz CT molecular complexity index is 1340. The lowest BCUT2D eigenvalue weighted by Gasteiger charge is -2.08. The van der Waals surface area contributed by atoms with Gasteiger partial charge < -0.3 is 9.88 Å². The second-order valence-corrected chi connectivity index (χ2v) is 7.69. The summed E-state index contributed by atoms with van der Waals surface area (Å²) in [6.45, 7) is 4.01. The van der Waals surface area contributed by atoms with E-state index in [1.807, 2.05) is 31.2 Å². The SMILES string of the molecule is CC(=O)Nc1ccc(C(=O)NN=Cc2c(C)n(Cc3ccc(F)cc3)c3ccccc23)cc1. The molecule has 3 aromatic carbocycles. The van der Waals surface area contributed by atoms with Crippen LogP contribution in [0.4, 0.5) is 10.1 Å². The Hall–Kier alpha value is -4.26. The van der Waals surface area contributed by atoms with Gasteiger partial charge in [0, 0.05) is 46.9 Å². The molecule has 0 fully saturated rings. The van der Waals surface area contributed by atoms with Crippen LogP contribution in [0.15, 0.2) is 77.9 Å². The van der Waals surface area contributed by atoms with Gasteiger partial charge in [0.05, 0.1) is 6.21 Å². The molecule has 1 aromatic heterocycles. The van der Waals surface area contributed by atoms with Crippen LogP contribution in [-0.4, -0.2) is 22.6 Å². The lowest BCUT2D eigenvalue weighted by atomic mass is 10.1. The third-order valence-corrected chi connectivity index (χ3v) is 5.36. The van der Waals surface area contributed by atoms with E-state index in [0.29, 0.717) is 17.8 Å². The topological polar surface area (TPSA) is 75.5 Å². The fraction of sp³-hybridized carbons (Fsp3) is 0.115. The molecule has 166 valence electrons. The highest BCUT2D eigenvalue weighted by Gasteiger charge is 2.13. The summed E-state index contributed by atoms with van der Waals surface area (Å²) in [5.74, 6) is -0.791. The maximum Gasteiger partial charge on any atom is 0.271 e. The van der Waals surface area contributed by atoms with Crippen LogP contribution < -0.4 is 10.7 Å². The van der Waals surface area contributed by atoms with Crippen molar-refractivity contribution in [2.75, 3.05) is 5.32 Å². The van der Waals surface area contributed by atoms with E-state index in [4.69, 9.17) is 0 Å². The number of para-hydroxylation sites is 1. The van der Waals surface area contributed by atoms with E-state index in [9.17, 15) is 14.0 Å². The van der Waals surface area contributed by atoms with Crippen molar-refractivity contribution in [3.63, 3.8) is 0 Å². The van der Waals surface area contributed by atoms with Crippen LogP contribution in [0.2, 0.25) is 0 Å². The number of carbonyl (C=O) groups excluding carboxylic acids is 2. The minimum atomic E-state index is -0.353. The second kappa shape index (κ2) is 9.48. The van der Waals surface area contributed by atoms with Crippen LogP contribution in [0.3, 0.4) is 0 Å². The molecule has 6 nitrogen and oxygen atoms in total. The number of nitrogens with zero attached hydrogens (tertiary/aromatic N) is 2. The van der Waals surface area contributed by atoms with Crippen molar-refractivity contribution in [3.05, 3.63) is 101 Å². The zero-order chi connectivity index (χ0) is 23.4. The van der Waals surface area contributed by atoms with Gasteiger partial charge in [-0.1, -0.05) is 30.3 Å². The van der Waals surface area contributed by atoms with Crippen molar-refractivity contribution in [2.45, 2.75) is 20.4 Å². The number of halogens is 1. The lowest BCUT2D eigenvalue weighted by Crippen LogP contribution is -2.17. The van der Waals surface area contributed by atoms with Gasteiger partial charge in [-0.3, -0.25) is 9.59 Å². The Labute approximate surface area is 190 Å². The van der Waals surface area contributed by atoms with Gasteiger partial charge in [0.15, 0.2) is 0 Å². The van der Waals surface area contributed by atoms with Crippen molar-refractivity contribution in [1.29, 1.82) is 0 Å². The van der Waals surface area contributed by atoms with Crippen molar-refractivity contribution in [2.24, 2.45) is 5.10 Å². The summed E-state index contributed by atoms with van der Waals surface area (Å²) in [7, 11) is 0. The minimum absolute atomic E-state index is 0.175. The van der Waals surface area contributed by atoms with Gasteiger partial charge in [0.25, 0.3) is 5.91 Å². The molecule has 2 N–H and O–H groups in total. The largest absolute Gasteiger partial charge is 0.340 e. The normalized spacial score (nSPS) is 11.1. The molecule has 7 heteroatoms. The summed E-state index contributed by atoms with van der Waals surface area (Å²) in [5, 5.41) is 7.84. The molecule has 0 radical (unpaired) electrons. The number of hydrogen-bond acceptors (Lipinski definition) is 3. The molecule has 1 heterocycles. The van der Waals surface area contributed by atoms with E-state index in [0.717, 1.165) is 27.7 Å². The molecule has 2 amide bonds. The first-order valence-corrected chi connectivity index (χ1v) is 10.5. The molecule has 0 aliphatic carbocycles. The van der Waals surface area contributed by atoms with E-state index < -0.39 is 0 Å². The van der Waals surface area contributed by atoms with E-state index in [1.165, 1.54) is 19.1 Å². The Kier molecular flexibility index (Phi) is 6.31. The highest BCUT2D eigenvalue weighted by atomic mass is 19.1. The molecule has 0 atom stereocenters. The van der Waals surface area contributed by atoms with E-state index in [2.05, 4.69) is 20.4 Å². The first-order valence-electron chi connectivity index (χ1n) is 10.5. The predicted octanol–water partition coefficient (Wildman–Crippen LogP) is 4.86. The average Bonchev–Trinajstić information content (AvgIpc) is 3.06. The molecule has 4 rings (SSSR count). The molecule has 0 saturated carbocycles. The summed E-state index contributed by atoms with van der Waals surface area (Å²) >= 11 is 0. The molecule has 4 aromatic rings. The van der Waals surface area contributed by atoms with Crippen molar-refractivity contribution in [1.82, 2.24) is 9.99 Å². The maximum atomic E-state index is 13.3. The van der Waals surface area contributed by atoms with Crippen molar-refractivity contribution in [3.8, 4) is 0 Å². The summed E-state index contributed by atoms with van der Waals surface area (Å²) in [6.07, 6.45) is 1.64. The number of hydrazone groups is 1. The van der Waals surface area contributed by atoms with Gasteiger partial charge in [-0.2, -0.15) is 5.10 Å². The van der Waals surface area contributed by atoms with E-state index >= 15 is 0 Å². The number of carbonyl (C=O) groups is 2. The van der Waals surface area contributed by atoms with Crippen LogP contribution in [0.1, 0.15) is 34.1 Å². The van der Waals surface area contributed by atoms with Crippen molar-refractivity contribution < 1.29 is 14.0 Å². The summed E-state index contributed by atoms with van der Waals surface area (Å²) in [4.78, 5) is 23.6. The lowest BCUT2D eigenvalue weighted by molar-refractivity contribution is -0.114. The number of anilines is 1. The smallest absolute Gasteiger partial charge is 0.271 e. The van der Waals surface area contributed by atoms with Crippen LogP contribution >= 0.6 is 0 Å². The van der Waals surface area contributed by atoms with Crippen LogP contribution in [0.5, 0.6) is 0 Å². The molecule has 0 saturated heterocycles. The number of benzene rings is 3. The van der Waals surface area contributed by atoms with E-state index in [1.54, 1.807) is 42.6 Å². The molecule has 0 bridgehead atoms. The first-order chi connectivity index (χ1) is 15.9. The average molecular weight is 442 g/mol. The molecular formula is C26H23FN4O2. The molecule has 0 unspecified atom stereocenters. The molecular weight excluding hydrogens is 419 g/mol. The van der Waals surface area contributed by atoms with Gasteiger partial charge in [0.2, 0.25) is 5.91 Å².